The molecule has 2 saturated heterocycles. The standard InChI is InChI=1S/C16H29N3O/c17-15(18)13-4-9-19(10-5-13)14-6-11-20-16(12-14)7-2-1-3-8-16/h13-14H,1-12H2,(H3,17,18). The highest BCUT2D eigenvalue weighted by molar-refractivity contribution is 5.79. The number of hydrogen-bond donors (Lipinski definition) is 2. The first-order chi connectivity index (χ1) is 9.69. The van der Waals surface area contributed by atoms with Crippen LogP contribution in [0.15, 0.2) is 0 Å². The third-order valence-electron chi connectivity index (χ3n) is 5.72. The van der Waals surface area contributed by atoms with Crippen LogP contribution in [0.25, 0.3) is 0 Å². The van der Waals surface area contributed by atoms with Gasteiger partial charge in [-0.2, -0.15) is 0 Å². The molecule has 1 saturated carbocycles. The Morgan fingerprint density at radius 3 is 2.45 bits per heavy atom. The SMILES string of the molecule is N=C(N)C1CCN(C2CCOC3(CCCCC3)C2)CC1. The van der Waals surface area contributed by atoms with Gasteiger partial charge in [-0.05, 0) is 51.6 Å². The number of ether oxygens (including phenoxy) is 1. The van der Waals surface area contributed by atoms with Crippen molar-refractivity contribution < 1.29 is 4.74 Å². The lowest BCUT2D eigenvalue weighted by Gasteiger charge is -2.48. The third kappa shape index (κ3) is 3.01. The summed E-state index contributed by atoms with van der Waals surface area (Å²) in [6.07, 6.45) is 11.2. The fourth-order valence-electron chi connectivity index (χ4n) is 4.43. The number of rotatable bonds is 2. The Morgan fingerprint density at radius 1 is 1.10 bits per heavy atom. The predicted octanol–water partition coefficient (Wildman–Crippen LogP) is 2.52. The van der Waals surface area contributed by atoms with Crippen LogP contribution >= 0.6 is 0 Å². The first-order valence-corrected chi connectivity index (χ1v) is 8.40. The average molecular weight is 279 g/mol. The van der Waals surface area contributed by atoms with Crippen molar-refractivity contribution >= 4 is 5.84 Å². The molecule has 1 spiro atoms. The topological polar surface area (TPSA) is 62.3 Å². The van der Waals surface area contributed by atoms with E-state index in [1.54, 1.807) is 0 Å². The van der Waals surface area contributed by atoms with E-state index in [1.165, 1.54) is 44.9 Å². The summed E-state index contributed by atoms with van der Waals surface area (Å²) in [6.45, 7) is 3.17. The minimum Gasteiger partial charge on any atom is -0.387 e. The lowest BCUT2D eigenvalue weighted by atomic mass is 9.77. The van der Waals surface area contributed by atoms with Crippen LogP contribution < -0.4 is 5.73 Å². The molecule has 0 amide bonds. The monoisotopic (exact) mass is 279 g/mol. The molecule has 114 valence electrons. The van der Waals surface area contributed by atoms with Gasteiger partial charge in [-0.3, -0.25) is 5.41 Å². The van der Waals surface area contributed by atoms with Gasteiger partial charge in [0.05, 0.1) is 11.4 Å². The smallest absolute Gasteiger partial charge is 0.0937 e. The van der Waals surface area contributed by atoms with Crippen LogP contribution in [0.4, 0.5) is 0 Å². The van der Waals surface area contributed by atoms with E-state index in [0.717, 1.165) is 32.5 Å². The molecule has 3 N–H and O–H groups in total. The Labute approximate surface area is 122 Å². The molecular formula is C16H29N3O. The normalized spacial score (nSPS) is 32.3. The number of nitrogens with two attached hydrogens (primary N) is 1. The second kappa shape index (κ2) is 6.02. The molecule has 4 heteroatoms. The molecular weight excluding hydrogens is 250 g/mol. The van der Waals surface area contributed by atoms with Crippen LogP contribution in [0.3, 0.4) is 0 Å². The summed E-state index contributed by atoms with van der Waals surface area (Å²) in [5.74, 6) is 0.718. The van der Waals surface area contributed by atoms with Crippen LogP contribution in [0.2, 0.25) is 0 Å². The number of likely N-dealkylation sites (tertiary alicyclic amines) is 1. The average Bonchev–Trinajstić information content (AvgIpc) is 2.48. The summed E-state index contributed by atoms with van der Waals surface area (Å²) in [6, 6.07) is 0.703. The zero-order valence-corrected chi connectivity index (χ0v) is 12.6. The van der Waals surface area contributed by atoms with Gasteiger partial charge in [0.15, 0.2) is 0 Å². The lowest BCUT2D eigenvalue weighted by Crippen LogP contribution is -2.52. The highest BCUT2D eigenvalue weighted by Crippen LogP contribution is 2.40. The molecule has 0 aromatic heterocycles. The van der Waals surface area contributed by atoms with Gasteiger partial charge in [-0.15, -0.1) is 0 Å². The van der Waals surface area contributed by atoms with Crippen molar-refractivity contribution in [1.82, 2.24) is 4.90 Å². The molecule has 4 nitrogen and oxygen atoms in total. The molecule has 2 heterocycles. The summed E-state index contributed by atoms with van der Waals surface area (Å²) in [5.41, 5.74) is 5.85. The summed E-state index contributed by atoms with van der Waals surface area (Å²) in [5, 5.41) is 7.59. The van der Waals surface area contributed by atoms with Gasteiger partial charge >= 0.3 is 0 Å². The molecule has 0 aromatic rings. The molecule has 1 unspecified atom stereocenters. The van der Waals surface area contributed by atoms with Gasteiger partial charge in [0.2, 0.25) is 0 Å². The third-order valence-corrected chi connectivity index (χ3v) is 5.72. The summed E-state index contributed by atoms with van der Waals surface area (Å²) >= 11 is 0. The van der Waals surface area contributed by atoms with Crippen LogP contribution in [-0.2, 0) is 4.74 Å². The minimum absolute atomic E-state index is 0.207. The summed E-state index contributed by atoms with van der Waals surface area (Å²) in [4.78, 5) is 2.65. The van der Waals surface area contributed by atoms with E-state index in [9.17, 15) is 0 Å². The van der Waals surface area contributed by atoms with Gasteiger partial charge in [0, 0.05) is 18.6 Å². The van der Waals surface area contributed by atoms with Crippen molar-refractivity contribution in [2.45, 2.75) is 69.4 Å². The fourth-order valence-corrected chi connectivity index (χ4v) is 4.43. The highest BCUT2D eigenvalue weighted by Gasteiger charge is 2.40. The second-order valence-corrected chi connectivity index (χ2v) is 7.00. The first-order valence-electron chi connectivity index (χ1n) is 8.40. The highest BCUT2D eigenvalue weighted by atomic mass is 16.5. The Morgan fingerprint density at radius 2 is 1.80 bits per heavy atom. The Balaban J connectivity index is 1.56. The van der Waals surface area contributed by atoms with Gasteiger partial charge in [0.1, 0.15) is 0 Å². The van der Waals surface area contributed by atoms with E-state index in [-0.39, 0.29) is 5.60 Å². The van der Waals surface area contributed by atoms with Crippen LogP contribution in [-0.4, -0.2) is 42.1 Å². The number of nitrogens with one attached hydrogen (secondary N) is 1. The van der Waals surface area contributed by atoms with E-state index in [1.807, 2.05) is 0 Å². The van der Waals surface area contributed by atoms with E-state index in [0.29, 0.717) is 17.8 Å². The van der Waals surface area contributed by atoms with Gasteiger partial charge in [-0.25, -0.2) is 0 Å². The molecule has 1 atom stereocenters. The lowest BCUT2D eigenvalue weighted by molar-refractivity contribution is -0.126. The largest absolute Gasteiger partial charge is 0.387 e. The van der Waals surface area contributed by atoms with E-state index in [2.05, 4.69) is 4.90 Å². The van der Waals surface area contributed by atoms with Crippen LogP contribution in [0.5, 0.6) is 0 Å². The van der Waals surface area contributed by atoms with Crippen molar-refractivity contribution in [3.8, 4) is 0 Å². The van der Waals surface area contributed by atoms with Crippen molar-refractivity contribution in [3.05, 3.63) is 0 Å². The van der Waals surface area contributed by atoms with Crippen molar-refractivity contribution in [1.29, 1.82) is 5.41 Å². The molecule has 0 aromatic carbocycles. The maximum absolute atomic E-state index is 7.59. The van der Waals surface area contributed by atoms with Crippen LogP contribution in [0, 0.1) is 11.3 Å². The van der Waals surface area contributed by atoms with E-state index < -0.39 is 0 Å². The predicted molar refractivity (Wildman–Crippen MR) is 81.0 cm³/mol. The Bertz CT molecular complexity index is 338. The summed E-state index contributed by atoms with van der Waals surface area (Å²) < 4.78 is 6.21. The Hall–Kier alpha value is -0.610. The molecule has 3 fully saturated rings. The molecule has 0 radical (unpaired) electrons. The molecule has 20 heavy (non-hydrogen) atoms. The van der Waals surface area contributed by atoms with E-state index >= 15 is 0 Å². The van der Waals surface area contributed by atoms with Crippen molar-refractivity contribution in [2.75, 3.05) is 19.7 Å². The van der Waals surface area contributed by atoms with Gasteiger partial charge in [-0.1, -0.05) is 19.3 Å². The number of nitrogens with zero attached hydrogens (tertiary/aromatic N) is 1. The molecule has 2 aliphatic heterocycles. The molecule has 1 aliphatic carbocycles. The number of hydrogen-bond acceptors (Lipinski definition) is 3. The fraction of sp³-hybridized carbons (Fsp3) is 0.938. The maximum atomic E-state index is 7.59. The minimum atomic E-state index is 0.207. The van der Waals surface area contributed by atoms with Crippen molar-refractivity contribution in [3.63, 3.8) is 0 Å². The zero-order chi connectivity index (χ0) is 14.0. The quantitative estimate of drug-likeness (QED) is 0.603. The molecule has 0 bridgehead atoms. The zero-order valence-electron chi connectivity index (χ0n) is 12.6. The molecule has 3 aliphatic rings. The number of piperidine rings is 1. The Kier molecular flexibility index (Phi) is 4.32. The van der Waals surface area contributed by atoms with E-state index in [4.69, 9.17) is 15.9 Å². The van der Waals surface area contributed by atoms with Crippen molar-refractivity contribution in [2.24, 2.45) is 11.7 Å². The second-order valence-electron chi connectivity index (χ2n) is 7.00. The van der Waals surface area contributed by atoms with Gasteiger partial charge in [0.25, 0.3) is 0 Å². The number of amidine groups is 1. The first kappa shape index (κ1) is 14.3. The maximum Gasteiger partial charge on any atom is 0.0937 e. The summed E-state index contributed by atoms with van der Waals surface area (Å²) in [7, 11) is 0. The van der Waals surface area contributed by atoms with Crippen LogP contribution in [0.1, 0.15) is 57.8 Å². The van der Waals surface area contributed by atoms with Gasteiger partial charge < -0.3 is 15.4 Å². The molecule has 3 rings (SSSR count).